The number of carbonyl (C=O) groups is 1. The highest BCUT2D eigenvalue weighted by Crippen LogP contribution is 2.15. The summed E-state index contributed by atoms with van der Waals surface area (Å²) in [6.07, 6.45) is 1.66. The first-order valence-electron chi connectivity index (χ1n) is 7.25. The van der Waals surface area contributed by atoms with E-state index in [2.05, 4.69) is 27.6 Å². The third kappa shape index (κ3) is 6.40. The van der Waals surface area contributed by atoms with Gasteiger partial charge in [-0.05, 0) is 90.5 Å². The molecule has 23 heavy (non-hydrogen) atoms. The molecule has 0 aliphatic heterocycles. The van der Waals surface area contributed by atoms with Crippen molar-refractivity contribution >= 4 is 40.5 Å². The van der Waals surface area contributed by atoms with Gasteiger partial charge in [0.1, 0.15) is 5.75 Å². The molecule has 0 aliphatic rings. The maximum atomic E-state index is 11.4. The lowest BCUT2D eigenvalue weighted by Crippen LogP contribution is -2.18. The molecule has 0 N–H and O–H groups in total. The van der Waals surface area contributed by atoms with E-state index in [-0.39, 0.29) is 18.7 Å². The van der Waals surface area contributed by atoms with Crippen molar-refractivity contribution in [2.75, 3.05) is 6.61 Å². The topological polar surface area (TPSA) is 47.9 Å². The van der Waals surface area contributed by atoms with Crippen molar-refractivity contribution in [2.24, 2.45) is 4.99 Å². The van der Waals surface area contributed by atoms with E-state index in [4.69, 9.17) is 9.47 Å². The number of ether oxygens (including phenoxy) is 2. The number of aliphatic imine (C=N–C) groups is 1. The number of benzene rings is 2. The summed E-state index contributed by atoms with van der Waals surface area (Å²) in [6, 6.07) is 15.3. The van der Waals surface area contributed by atoms with Crippen LogP contribution in [0.4, 0.5) is 5.69 Å². The molecule has 0 atom stereocenters. The van der Waals surface area contributed by atoms with Crippen LogP contribution in [-0.4, -0.2) is 24.9 Å². The largest absolute Gasteiger partial charge is 0.482 e. The Hall–Kier alpha value is -1.89. The summed E-state index contributed by atoms with van der Waals surface area (Å²) in [5.74, 6) is 0.251. The maximum Gasteiger partial charge on any atom is 0.344 e. The summed E-state index contributed by atoms with van der Waals surface area (Å²) in [5.41, 5.74) is 1.86. The van der Waals surface area contributed by atoms with E-state index in [1.165, 1.54) is 3.57 Å². The van der Waals surface area contributed by atoms with E-state index in [1.807, 2.05) is 36.4 Å². The molecule has 0 unspecified atom stereocenters. The van der Waals surface area contributed by atoms with Crippen molar-refractivity contribution in [3.8, 4) is 5.75 Å². The van der Waals surface area contributed by atoms with Crippen LogP contribution in [0, 0.1) is 3.57 Å². The molecule has 120 valence electrons. The number of rotatable bonds is 6. The summed E-state index contributed by atoms with van der Waals surface area (Å²) in [5, 5.41) is 0. The van der Waals surface area contributed by atoms with Crippen LogP contribution in [0.25, 0.3) is 0 Å². The second-order valence-corrected chi connectivity index (χ2v) is 6.38. The highest BCUT2D eigenvalue weighted by molar-refractivity contribution is 14.1. The van der Waals surface area contributed by atoms with E-state index in [1.54, 1.807) is 32.2 Å². The van der Waals surface area contributed by atoms with Crippen molar-refractivity contribution in [1.82, 2.24) is 0 Å². The summed E-state index contributed by atoms with van der Waals surface area (Å²) in [6.45, 7) is 3.52. The Kier molecular flexibility index (Phi) is 6.58. The van der Waals surface area contributed by atoms with Gasteiger partial charge in [0.25, 0.3) is 0 Å². The van der Waals surface area contributed by atoms with Gasteiger partial charge in [-0.1, -0.05) is 0 Å². The zero-order valence-electron chi connectivity index (χ0n) is 13.0. The number of hydrogen-bond acceptors (Lipinski definition) is 4. The van der Waals surface area contributed by atoms with Crippen LogP contribution in [0.15, 0.2) is 53.5 Å². The summed E-state index contributed by atoms with van der Waals surface area (Å²) >= 11 is 2.26. The third-order valence-electron chi connectivity index (χ3n) is 2.79. The SMILES string of the molecule is CC(C)OC(=O)COc1ccc(C=Nc2ccc(I)cc2)cc1. The Morgan fingerprint density at radius 3 is 2.39 bits per heavy atom. The number of nitrogens with zero attached hydrogens (tertiary/aromatic N) is 1. The van der Waals surface area contributed by atoms with Gasteiger partial charge in [0.2, 0.25) is 0 Å². The van der Waals surface area contributed by atoms with E-state index < -0.39 is 0 Å². The van der Waals surface area contributed by atoms with Crippen LogP contribution < -0.4 is 4.74 Å². The molecule has 0 spiro atoms. The molecule has 5 heteroatoms. The van der Waals surface area contributed by atoms with Gasteiger partial charge in [0.15, 0.2) is 6.61 Å². The Balaban J connectivity index is 1.89. The number of hydrogen-bond donors (Lipinski definition) is 0. The second-order valence-electron chi connectivity index (χ2n) is 5.13. The Bertz CT molecular complexity index is 664. The van der Waals surface area contributed by atoms with Crippen LogP contribution in [0.2, 0.25) is 0 Å². The van der Waals surface area contributed by atoms with Gasteiger partial charge >= 0.3 is 5.97 Å². The van der Waals surface area contributed by atoms with Crippen molar-refractivity contribution in [1.29, 1.82) is 0 Å². The maximum absolute atomic E-state index is 11.4. The minimum atomic E-state index is -0.371. The third-order valence-corrected chi connectivity index (χ3v) is 3.51. The van der Waals surface area contributed by atoms with Gasteiger partial charge in [-0.25, -0.2) is 4.79 Å². The first kappa shape index (κ1) is 17.5. The smallest absolute Gasteiger partial charge is 0.344 e. The summed E-state index contributed by atoms with van der Waals surface area (Å²) in [4.78, 5) is 15.8. The average molecular weight is 423 g/mol. The van der Waals surface area contributed by atoms with Gasteiger partial charge in [0.05, 0.1) is 11.8 Å². The van der Waals surface area contributed by atoms with Gasteiger partial charge in [-0.2, -0.15) is 0 Å². The van der Waals surface area contributed by atoms with Gasteiger partial charge in [0, 0.05) is 9.78 Å². The fraction of sp³-hybridized carbons (Fsp3) is 0.222. The van der Waals surface area contributed by atoms with Crippen molar-refractivity contribution < 1.29 is 14.3 Å². The minimum Gasteiger partial charge on any atom is -0.482 e. The lowest BCUT2D eigenvalue weighted by Gasteiger charge is -2.09. The molecular formula is C18H18INO3. The fourth-order valence-electron chi connectivity index (χ4n) is 1.77. The van der Waals surface area contributed by atoms with Crippen molar-refractivity contribution in [2.45, 2.75) is 20.0 Å². The number of esters is 1. The fourth-order valence-corrected chi connectivity index (χ4v) is 2.13. The molecule has 0 heterocycles. The predicted octanol–water partition coefficient (Wildman–Crippen LogP) is 4.37. The van der Waals surface area contributed by atoms with Crippen molar-refractivity contribution in [3.63, 3.8) is 0 Å². The lowest BCUT2D eigenvalue weighted by molar-refractivity contribution is -0.149. The monoisotopic (exact) mass is 423 g/mol. The highest BCUT2D eigenvalue weighted by Gasteiger charge is 2.06. The van der Waals surface area contributed by atoms with Crippen LogP contribution in [-0.2, 0) is 9.53 Å². The zero-order valence-corrected chi connectivity index (χ0v) is 15.2. The Morgan fingerprint density at radius 2 is 1.78 bits per heavy atom. The summed E-state index contributed by atoms with van der Waals surface area (Å²) in [7, 11) is 0. The van der Waals surface area contributed by atoms with Crippen LogP contribution in [0.3, 0.4) is 0 Å². The molecule has 4 nitrogen and oxygen atoms in total. The predicted molar refractivity (Wildman–Crippen MR) is 99.6 cm³/mol. The van der Waals surface area contributed by atoms with E-state index in [0.29, 0.717) is 5.75 Å². The molecule has 0 saturated carbocycles. The highest BCUT2D eigenvalue weighted by atomic mass is 127. The molecule has 0 aromatic heterocycles. The standard InChI is InChI=1S/C18H18INO3/c1-13(2)23-18(21)12-22-17-9-3-14(4-10-17)11-20-16-7-5-15(19)6-8-16/h3-11,13H,12H2,1-2H3. The number of halogens is 1. The van der Waals surface area contributed by atoms with E-state index >= 15 is 0 Å². The first-order chi connectivity index (χ1) is 11.0. The van der Waals surface area contributed by atoms with Crippen LogP contribution >= 0.6 is 22.6 Å². The van der Waals surface area contributed by atoms with Crippen molar-refractivity contribution in [3.05, 3.63) is 57.7 Å². The Labute approximate surface area is 149 Å². The molecule has 0 bridgehead atoms. The molecule has 0 fully saturated rings. The molecular weight excluding hydrogens is 405 g/mol. The first-order valence-corrected chi connectivity index (χ1v) is 8.33. The summed E-state index contributed by atoms with van der Waals surface area (Å²) < 4.78 is 11.6. The minimum absolute atomic E-state index is 0.0890. The van der Waals surface area contributed by atoms with Gasteiger partial charge in [-0.3, -0.25) is 4.99 Å². The second kappa shape index (κ2) is 8.67. The molecule has 0 radical (unpaired) electrons. The number of carbonyl (C=O) groups excluding carboxylic acids is 1. The zero-order chi connectivity index (χ0) is 16.7. The average Bonchev–Trinajstić information content (AvgIpc) is 2.53. The van der Waals surface area contributed by atoms with Gasteiger partial charge in [-0.15, -0.1) is 0 Å². The van der Waals surface area contributed by atoms with Crippen LogP contribution in [0.5, 0.6) is 5.75 Å². The molecule has 2 rings (SSSR count). The molecule has 0 aliphatic carbocycles. The molecule has 2 aromatic rings. The van der Waals surface area contributed by atoms with E-state index in [9.17, 15) is 4.79 Å². The molecule has 2 aromatic carbocycles. The Morgan fingerprint density at radius 1 is 1.13 bits per heavy atom. The lowest BCUT2D eigenvalue weighted by atomic mass is 10.2. The van der Waals surface area contributed by atoms with E-state index in [0.717, 1.165) is 11.3 Å². The molecule has 0 amide bonds. The normalized spacial score (nSPS) is 11.0. The van der Waals surface area contributed by atoms with Crippen LogP contribution in [0.1, 0.15) is 19.4 Å². The van der Waals surface area contributed by atoms with Gasteiger partial charge < -0.3 is 9.47 Å². The quantitative estimate of drug-likeness (QED) is 0.394. The molecule has 0 saturated heterocycles.